The van der Waals surface area contributed by atoms with Gasteiger partial charge in [-0.2, -0.15) is 0 Å². The molecule has 2 aromatic rings. The molecule has 0 bridgehead atoms. The van der Waals surface area contributed by atoms with Crippen molar-refractivity contribution >= 4 is 38.1 Å². The van der Waals surface area contributed by atoms with E-state index in [0.717, 1.165) is 25.8 Å². The molecule has 0 saturated heterocycles. The van der Waals surface area contributed by atoms with Crippen LogP contribution in [0.5, 0.6) is 5.75 Å². The Morgan fingerprint density at radius 2 is 1.90 bits per heavy atom. The molecule has 0 spiro atoms. The minimum Gasteiger partial charge on any atom is -0.496 e. The minimum atomic E-state index is 0.0717. The number of nitrogens with zero attached hydrogens (tertiary/aromatic N) is 1. The van der Waals surface area contributed by atoms with Crippen molar-refractivity contribution in [2.24, 2.45) is 4.99 Å². The van der Waals surface area contributed by atoms with Crippen molar-refractivity contribution in [3.63, 3.8) is 0 Å². The standard InChI is InChI=1S/C16H15Br2NO/c1-11(14-8-7-13(17)9-15(14)18)19-10-12-5-3-4-6-16(12)20-2/h3-11H,1-2H3. The van der Waals surface area contributed by atoms with Gasteiger partial charge in [0.15, 0.2) is 0 Å². The van der Waals surface area contributed by atoms with Crippen LogP contribution in [-0.2, 0) is 0 Å². The van der Waals surface area contributed by atoms with Gasteiger partial charge in [0.2, 0.25) is 0 Å². The van der Waals surface area contributed by atoms with Gasteiger partial charge in [-0.05, 0) is 36.8 Å². The summed E-state index contributed by atoms with van der Waals surface area (Å²) in [5.74, 6) is 0.832. The summed E-state index contributed by atoms with van der Waals surface area (Å²) < 4.78 is 7.42. The maximum Gasteiger partial charge on any atom is 0.127 e. The normalized spacial score (nSPS) is 12.6. The van der Waals surface area contributed by atoms with Crippen molar-refractivity contribution < 1.29 is 4.74 Å². The van der Waals surface area contributed by atoms with Crippen LogP contribution in [0.15, 0.2) is 56.4 Å². The zero-order valence-electron chi connectivity index (χ0n) is 11.3. The molecule has 0 N–H and O–H groups in total. The van der Waals surface area contributed by atoms with Crippen LogP contribution in [0, 0.1) is 0 Å². The largest absolute Gasteiger partial charge is 0.496 e. The van der Waals surface area contributed by atoms with Gasteiger partial charge in [-0.3, -0.25) is 4.99 Å². The van der Waals surface area contributed by atoms with Crippen molar-refractivity contribution in [3.05, 3.63) is 62.5 Å². The Bertz CT molecular complexity index is 626. The highest BCUT2D eigenvalue weighted by atomic mass is 79.9. The van der Waals surface area contributed by atoms with Gasteiger partial charge in [0.25, 0.3) is 0 Å². The summed E-state index contributed by atoms with van der Waals surface area (Å²) in [7, 11) is 1.67. The van der Waals surface area contributed by atoms with E-state index in [2.05, 4.69) is 49.8 Å². The Labute approximate surface area is 136 Å². The van der Waals surface area contributed by atoms with Crippen molar-refractivity contribution in [2.75, 3.05) is 7.11 Å². The van der Waals surface area contributed by atoms with Gasteiger partial charge < -0.3 is 4.74 Å². The summed E-state index contributed by atoms with van der Waals surface area (Å²) >= 11 is 7.03. The highest BCUT2D eigenvalue weighted by Gasteiger charge is 2.08. The second-order valence-electron chi connectivity index (χ2n) is 4.36. The number of methoxy groups -OCH3 is 1. The molecule has 2 rings (SSSR count). The van der Waals surface area contributed by atoms with Gasteiger partial charge in [-0.1, -0.05) is 50.1 Å². The molecular formula is C16H15Br2NO. The number of rotatable bonds is 4. The monoisotopic (exact) mass is 395 g/mol. The lowest BCUT2D eigenvalue weighted by Crippen LogP contribution is -1.94. The Balaban J connectivity index is 2.22. The molecule has 1 unspecified atom stereocenters. The maximum atomic E-state index is 5.32. The lowest BCUT2D eigenvalue weighted by atomic mass is 10.1. The van der Waals surface area contributed by atoms with Crippen LogP contribution in [-0.4, -0.2) is 13.3 Å². The number of hydrogen-bond acceptors (Lipinski definition) is 2. The molecule has 2 aromatic carbocycles. The van der Waals surface area contributed by atoms with Crippen molar-refractivity contribution in [2.45, 2.75) is 13.0 Å². The zero-order chi connectivity index (χ0) is 14.5. The van der Waals surface area contributed by atoms with E-state index in [-0.39, 0.29) is 6.04 Å². The average molecular weight is 397 g/mol. The molecule has 0 aliphatic carbocycles. The fourth-order valence-corrected chi connectivity index (χ4v) is 3.26. The van der Waals surface area contributed by atoms with E-state index in [1.165, 1.54) is 0 Å². The SMILES string of the molecule is COc1ccccc1C=NC(C)c1ccc(Br)cc1Br. The first-order valence-electron chi connectivity index (χ1n) is 6.23. The molecule has 0 aromatic heterocycles. The molecule has 20 heavy (non-hydrogen) atoms. The summed E-state index contributed by atoms with van der Waals surface area (Å²) in [6, 6.07) is 14.0. The number of ether oxygens (including phenoxy) is 1. The highest BCUT2D eigenvalue weighted by molar-refractivity contribution is 9.11. The van der Waals surface area contributed by atoms with Crippen LogP contribution < -0.4 is 4.74 Å². The van der Waals surface area contributed by atoms with Crippen LogP contribution in [0.4, 0.5) is 0 Å². The van der Waals surface area contributed by atoms with E-state index in [9.17, 15) is 0 Å². The first kappa shape index (κ1) is 15.3. The van der Waals surface area contributed by atoms with Gasteiger partial charge >= 0.3 is 0 Å². The van der Waals surface area contributed by atoms with Crippen molar-refractivity contribution in [1.82, 2.24) is 0 Å². The van der Waals surface area contributed by atoms with E-state index < -0.39 is 0 Å². The Hall–Kier alpha value is -1.13. The Morgan fingerprint density at radius 1 is 1.15 bits per heavy atom. The highest BCUT2D eigenvalue weighted by Crippen LogP contribution is 2.29. The minimum absolute atomic E-state index is 0.0717. The van der Waals surface area contributed by atoms with Crippen molar-refractivity contribution in [3.8, 4) is 5.75 Å². The van der Waals surface area contributed by atoms with Crippen LogP contribution in [0.25, 0.3) is 0 Å². The average Bonchev–Trinajstić information content (AvgIpc) is 2.45. The molecule has 2 nitrogen and oxygen atoms in total. The van der Waals surface area contributed by atoms with E-state index in [1.54, 1.807) is 7.11 Å². The topological polar surface area (TPSA) is 21.6 Å². The third kappa shape index (κ3) is 3.70. The lowest BCUT2D eigenvalue weighted by molar-refractivity contribution is 0.414. The van der Waals surface area contributed by atoms with E-state index in [4.69, 9.17) is 4.74 Å². The van der Waals surface area contributed by atoms with Gasteiger partial charge in [-0.15, -0.1) is 0 Å². The number of halogens is 2. The number of hydrogen-bond donors (Lipinski definition) is 0. The van der Waals surface area contributed by atoms with E-state index in [0.29, 0.717) is 0 Å². The van der Waals surface area contributed by atoms with Gasteiger partial charge in [-0.25, -0.2) is 0 Å². The summed E-state index contributed by atoms with van der Waals surface area (Å²) in [4.78, 5) is 4.61. The molecule has 0 aliphatic rings. The molecule has 0 aliphatic heterocycles. The molecule has 0 amide bonds. The molecule has 0 heterocycles. The fourth-order valence-electron chi connectivity index (χ4n) is 1.89. The fraction of sp³-hybridized carbons (Fsp3) is 0.188. The molecule has 0 fully saturated rings. The predicted molar refractivity (Wildman–Crippen MR) is 90.8 cm³/mol. The molecule has 0 saturated carbocycles. The van der Waals surface area contributed by atoms with E-state index >= 15 is 0 Å². The molecular weight excluding hydrogens is 382 g/mol. The second kappa shape index (κ2) is 7.04. The second-order valence-corrected chi connectivity index (χ2v) is 6.13. The third-order valence-corrected chi connectivity index (χ3v) is 4.17. The molecule has 104 valence electrons. The van der Waals surface area contributed by atoms with Gasteiger partial charge in [0, 0.05) is 20.7 Å². The first-order valence-corrected chi connectivity index (χ1v) is 7.81. The smallest absolute Gasteiger partial charge is 0.127 e. The first-order chi connectivity index (χ1) is 9.61. The van der Waals surface area contributed by atoms with Crippen LogP contribution >= 0.6 is 31.9 Å². The van der Waals surface area contributed by atoms with Gasteiger partial charge in [0.1, 0.15) is 5.75 Å². The molecule has 4 heteroatoms. The quantitative estimate of drug-likeness (QED) is 0.634. The van der Waals surface area contributed by atoms with E-state index in [1.807, 2.05) is 42.6 Å². The number of aliphatic imine (C=N–C) groups is 1. The molecule has 0 radical (unpaired) electrons. The van der Waals surface area contributed by atoms with Crippen LogP contribution in [0.1, 0.15) is 24.1 Å². The molecule has 1 atom stereocenters. The summed E-state index contributed by atoms with van der Waals surface area (Å²) in [6.45, 7) is 2.07. The van der Waals surface area contributed by atoms with Crippen molar-refractivity contribution in [1.29, 1.82) is 0 Å². The lowest BCUT2D eigenvalue weighted by Gasteiger charge is -2.10. The maximum absolute atomic E-state index is 5.32. The third-order valence-electron chi connectivity index (χ3n) is 2.99. The number of para-hydroxylation sites is 1. The Kier molecular flexibility index (Phi) is 5.38. The summed E-state index contributed by atoms with van der Waals surface area (Å²) in [6.07, 6.45) is 1.86. The predicted octanol–water partition coefficient (Wildman–Crippen LogP) is 5.40. The van der Waals surface area contributed by atoms with Gasteiger partial charge in [0.05, 0.1) is 13.2 Å². The number of benzene rings is 2. The van der Waals surface area contributed by atoms with Crippen LogP contribution in [0.2, 0.25) is 0 Å². The summed E-state index contributed by atoms with van der Waals surface area (Å²) in [5.41, 5.74) is 2.13. The zero-order valence-corrected chi connectivity index (χ0v) is 14.5. The summed E-state index contributed by atoms with van der Waals surface area (Å²) in [5, 5.41) is 0. The van der Waals surface area contributed by atoms with Crippen LogP contribution in [0.3, 0.4) is 0 Å². The Morgan fingerprint density at radius 3 is 2.60 bits per heavy atom.